The van der Waals surface area contributed by atoms with Crippen molar-refractivity contribution >= 4 is 11.9 Å². The second kappa shape index (κ2) is 18.0. The summed E-state index contributed by atoms with van der Waals surface area (Å²) in [6.07, 6.45) is 14.0. The summed E-state index contributed by atoms with van der Waals surface area (Å²) < 4.78 is 10.9. The minimum atomic E-state index is -0.259. The summed E-state index contributed by atoms with van der Waals surface area (Å²) in [4.78, 5) is 24.7. The molecule has 4 heteroatoms. The molecule has 0 bridgehead atoms. The first-order valence-electron chi connectivity index (χ1n) is 15.3. The number of carbonyl (C=O) groups excluding carboxylic acids is 2. The smallest absolute Gasteiger partial charge is 0.338 e. The van der Waals surface area contributed by atoms with Crippen LogP contribution in [0.4, 0.5) is 0 Å². The second-order valence-corrected chi connectivity index (χ2v) is 10.5. The Kier molecular flexibility index (Phi) is 14.0. The molecule has 3 aromatic carbocycles. The fourth-order valence-electron chi connectivity index (χ4n) is 4.71. The number of hydrogen-bond donors (Lipinski definition) is 0. The van der Waals surface area contributed by atoms with Crippen LogP contribution in [0.15, 0.2) is 72.8 Å². The third-order valence-electron chi connectivity index (χ3n) is 7.25. The molecule has 3 aromatic rings. The topological polar surface area (TPSA) is 52.6 Å². The number of ether oxygens (including phenoxy) is 2. The van der Waals surface area contributed by atoms with E-state index in [4.69, 9.17) is 9.47 Å². The van der Waals surface area contributed by atoms with Gasteiger partial charge in [-0.2, -0.15) is 0 Å². The molecule has 0 aliphatic rings. The standard InChI is InChI=1S/C36H46O4/c1-3-5-7-9-11-13-27-39-35(37)33-23-19-31(20-24-33)29-15-17-30(18-16-29)32-21-25-34(26-22-32)36(38)40-28-14-12-10-8-6-4-2/h15-26H,3-14,27-28H2,1-2H3. The summed E-state index contributed by atoms with van der Waals surface area (Å²) in [6, 6.07) is 23.5. The van der Waals surface area contributed by atoms with Crippen LogP contribution >= 0.6 is 0 Å². The maximum absolute atomic E-state index is 12.4. The molecular weight excluding hydrogens is 496 g/mol. The van der Waals surface area contributed by atoms with E-state index in [1.165, 1.54) is 51.4 Å². The van der Waals surface area contributed by atoms with Crippen LogP contribution in [-0.2, 0) is 9.47 Å². The maximum atomic E-state index is 12.4. The Hall–Kier alpha value is -3.40. The van der Waals surface area contributed by atoms with Crippen LogP contribution in [0.2, 0.25) is 0 Å². The number of carbonyl (C=O) groups is 2. The third-order valence-corrected chi connectivity index (χ3v) is 7.25. The Balaban J connectivity index is 1.45. The summed E-state index contributed by atoms with van der Waals surface area (Å²) in [5.74, 6) is -0.518. The van der Waals surface area contributed by atoms with Gasteiger partial charge < -0.3 is 9.47 Å². The molecule has 0 spiro atoms. The van der Waals surface area contributed by atoms with Gasteiger partial charge in [0, 0.05) is 0 Å². The first kappa shape index (κ1) is 31.1. The molecule has 0 fully saturated rings. The van der Waals surface area contributed by atoms with Crippen LogP contribution < -0.4 is 0 Å². The molecule has 40 heavy (non-hydrogen) atoms. The average Bonchev–Trinajstić information content (AvgIpc) is 3.00. The van der Waals surface area contributed by atoms with E-state index in [2.05, 4.69) is 38.1 Å². The highest BCUT2D eigenvalue weighted by molar-refractivity contribution is 5.90. The highest BCUT2D eigenvalue weighted by Crippen LogP contribution is 2.26. The minimum absolute atomic E-state index is 0.259. The van der Waals surface area contributed by atoms with E-state index in [0.717, 1.165) is 47.9 Å². The monoisotopic (exact) mass is 542 g/mol. The zero-order valence-electron chi connectivity index (χ0n) is 24.5. The van der Waals surface area contributed by atoms with Gasteiger partial charge in [-0.3, -0.25) is 0 Å². The molecule has 0 N–H and O–H groups in total. The van der Waals surface area contributed by atoms with Gasteiger partial charge in [0.05, 0.1) is 24.3 Å². The molecular formula is C36H46O4. The molecule has 0 aliphatic heterocycles. The Labute approximate surface area is 241 Å². The van der Waals surface area contributed by atoms with Gasteiger partial charge in [0.1, 0.15) is 0 Å². The molecule has 0 atom stereocenters. The van der Waals surface area contributed by atoms with Crippen molar-refractivity contribution < 1.29 is 19.1 Å². The van der Waals surface area contributed by atoms with Crippen molar-refractivity contribution in [2.24, 2.45) is 0 Å². The van der Waals surface area contributed by atoms with Crippen LogP contribution in [0.5, 0.6) is 0 Å². The van der Waals surface area contributed by atoms with Crippen molar-refractivity contribution in [1.29, 1.82) is 0 Å². The van der Waals surface area contributed by atoms with E-state index >= 15 is 0 Å². The van der Waals surface area contributed by atoms with E-state index in [1.807, 2.05) is 48.5 Å². The predicted molar refractivity (Wildman–Crippen MR) is 165 cm³/mol. The number of benzene rings is 3. The Bertz CT molecular complexity index is 1040. The molecule has 0 aliphatic carbocycles. The number of esters is 2. The molecule has 3 rings (SSSR count). The van der Waals surface area contributed by atoms with E-state index in [0.29, 0.717) is 24.3 Å². The second-order valence-electron chi connectivity index (χ2n) is 10.5. The van der Waals surface area contributed by atoms with Gasteiger partial charge in [-0.05, 0) is 59.4 Å². The summed E-state index contributed by atoms with van der Waals surface area (Å²) in [5, 5.41) is 0. The molecule has 0 radical (unpaired) electrons. The van der Waals surface area contributed by atoms with Crippen molar-refractivity contribution in [3.8, 4) is 22.3 Å². The molecule has 0 aromatic heterocycles. The predicted octanol–water partition coefficient (Wildman–Crippen LogP) is 10.1. The zero-order chi connectivity index (χ0) is 28.4. The maximum Gasteiger partial charge on any atom is 0.338 e. The van der Waals surface area contributed by atoms with Gasteiger partial charge in [-0.1, -0.05) is 127 Å². The highest BCUT2D eigenvalue weighted by atomic mass is 16.5. The van der Waals surface area contributed by atoms with Crippen LogP contribution in [-0.4, -0.2) is 25.2 Å². The molecule has 0 amide bonds. The summed E-state index contributed by atoms with van der Waals surface area (Å²) >= 11 is 0. The van der Waals surface area contributed by atoms with Crippen LogP contribution in [0, 0.1) is 0 Å². The van der Waals surface area contributed by atoms with Crippen molar-refractivity contribution in [2.75, 3.05) is 13.2 Å². The first-order chi connectivity index (χ1) is 19.6. The van der Waals surface area contributed by atoms with Crippen LogP contribution in [0.25, 0.3) is 22.3 Å². The lowest BCUT2D eigenvalue weighted by atomic mass is 9.99. The average molecular weight is 543 g/mol. The fourth-order valence-corrected chi connectivity index (χ4v) is 4.71. The molecule has 0 saturated carbocycles. The lowest BCUT2D eigenvalue weighted by Gasteiger charge is -2.08. The summed E-state index contributed by atoms with van der Waals surface area (Å²) in [6.45, 7) is 5.38. The SMILES string of the molecule is CCCCCCCCOC(=O)c1ccc(-c2ccc(-c3ccc(C(=O)OCCCCCCCC)cc3)cc2)cc1. The van der Waals surface area contributed by atoms with E-state index in [1.54, 1.807) is 0 Å². The lowest BCUT2D eigenvalue weighted by molar-refractivity contribution is 0.0488. The summed E-state index contributed by atoms with van der Waals surface area (Å²) in [5.41, 5.74) is 5.40. The van der Waals surface area contributed by atoms with Gasteiger partial charge >= 0.3 is 11.9 Å². The van der Waals surface area contributed by atoms with Gasteiger partial charge in [0.25, 0.3) is 0 Å². The molecule has 0 heterocycles. The normalized spacial score (nSPS) is 10.8. The zero-order valence-corrected chi connectivity index (χ0v) is 24.5. The van der Waals surface area contributed by atoms with Gasteiger partial charge in [-0.25, -0.2) is 9.59 Å². The molecule has 4 nitrogen and oxygen atoms in total. The van der Waals surface area contributed by atoms with Crippen molar-refractivity contribution in [1.82, 2.24) is 0 Å². The van der Waals surface area contributed by atoms with Gasteiger partial charge in [-0.15, -0.1) is 0 Å². The van der Waals surface area contributed by atoms with Crippen LogP contribution in [0.3, 0.4) is 0 Å². The quantitative estimate of drug-likeness (QED) is 0.118. The van der Waals surface area contributed by atoms with E-state index in [9.17, 15) is 9.59 Å². The van der Waals surface area contributed by atoms with Crippen molar-refractivity contribution in [3.63, 3.8) is 0 Å². The van der Waals surface area contributed by atoms with Gasteiger partial charge in [0.2, 0.25) is 0 Å². The number of unbranched alkanes of at least 4 members (excludes halogenated alkanes) is 10. The fraction of sp³-hybridized carbons (Fsp3) is 0.444. The minimum Gasteiger partial charge on any atom is -0.462 e. The first-order valence-corrected chi connectivity index (χ1v) is 15.3. The summed E-state index contributed by atoms with van der Waals surface area (Å²) in [7, 11) is 0. The molecule has 0 saturated heterocycles. The van der Waals surface area contributed by atoms with E-state index in [-0.39, 0.29) is 11.9 Å². The Morgan fingerprint density at radius 2 is 0.700 bits per heavy atom. The van der Waals surface area contributed by atoms with Crippen LogP contribution in [0.1, 0.15) is 112 Å². The third kappa shape index (κ3) is 10.6. The highest BCUT2D eigenvalue weighted by Gasteiger charge is 2.09. The lowest BCUT2D eigenvalue weighted by Crippen LogP contribution is -2.06. The number of rotatable bonds is 18. The molecule has 0 unspecified atom stereocenters. The van der Waals surface area contributed by atoms with E-state index < -0.39 is 0 Å². The molecule has 214 valence electrons. The Morgan fingerprint density at radius 3 is 1.02 bits per heavy atom. The van der Waals surface area contributed by atoms with Gasteiger partial charge in [0.15, 0.2) is 0 Å². The number of hydrogen-bond acceptors (Lipinski definition) is 4. The Morgan fingerprint density at radius 1 is 0.425 bits per heavy atom. The van der Waals surface area contributed by atoms with Crippen molar-refractivity contribution in [3.05, 3.63) is 83.9 Å². The largest absolute Gasteiger partial charge is 0.462 e. The van der Waals surface area contributed by atoms with Crippen molar-refractivity contribution in [2.45, 2.75) is 90.9 Å².